The van der Waals surface area contributed by atoms with Crippen LogP contribution in [0.25, 0.3) is 0 Å². The normalized spacial score (nSPS) is 14.9. The molecule has 0 amide bonds. The molecule has 1 aliphatic rings. The molecule has 0 spiro atoms. The number of hydrogen-bond acceptors (Lipinski definition) is 6. The molecule has 0 unspecified atom stereocenters. The third kappa shape index (κ3) is 5.60. The summed E-state index contributed by atoms with van der Waals surface area (Å²) < 4.78 is 17.0. The van der Waals surface area contributed by atoms with E-state index in [1.54, 1.807) is 20.4 Å². The smallest absolute Gasteiger partial charge is 0.168 e. The summed E-state index contributed by atoms with van der Waals surface area (Å²) in [5.74, 6) is 1.56. The van der Waals surface area contributed by atoms with Crippen LogP contribution in [0.4, 0.5) is 5.69 Å². The van der Waals surface area contributed by atoms with Crippen molar-refractivity contribution < 1.29 is 19.0 Å². The van der Waals surface area contributed by atoms with E-state index in [1.165, 1.54) is 12.0 Å². The molecule has 1 heterocycles. The van der Waals surface area contributed by atoms with Crippen molar-refractivity contribution in [2.45, 2.75) is 57.8 Å². The monoisotopic (exact) mass is 476 g/mol. The van der Waals surface area contributed by atoms with E-state index < -0.39 is 0 Å². The molecule has 2 aromatic carbocycles. The molecule has 3 aromatic rings. The molecule has 186 valence electrons. The van der Waals surface area contributed by atoms with Gasteiger partial charge < -0.3 is 14.2 Å². The number of rotatable bonds is 11. The van der Waals surface area contributed by atoms with Gasteiger partial charge in [-0.15, -0.1) is 0 Å². The number of methoxy groups -OCH3 is 2. The van der Waals surface area contributed by atoms with E-state index in [-0.39, 0.29) is 5.54 Å². The van der Waals surface area contributed by atoms with Crippen LogP contribution in [-0.4, -0.2) is 25.8 Å². The molecular weight excluding hydrogens is 440 g/mol. The molecule has 4 rings (SSSR count). The number of anilines is 1. The Hall–Kier alpha value is -3.09. The fourth-order valence-corrected chi connectivity index (χ4v) is 5.01. The second-order valence-electron chi connectivity index (χ2n) is 8.85. The van der Waals surface area contributed by atoms with Crippen LogP contribution in [0.1, 0.15) is 55.8 Å². The number of hydroxylamine groups is 1. The summed E-state index contributed by atoms with van der Waals surface area (Å²) in [6.45, 7) is 3.46. The molecule has 0 aliphatic heterocycles. The van der Waals surface area contributed by atoms with Gasteiger partial charge in [0.2, 0.25) is 0 Å². The van der Waals surface area contributed by atoms with Gasteiger partial charge in [0, 0.05) is 13.3 Å². The second kappa shape index (κ2) is 12.0. The molecule has 6 heteroatoms. The van der Waals surface area contributed by atoms with E-state index in [0.717, 1.165) is 48.4 Å². The van der Waals surface area contributed by atoms with Crippen LogP contribution < -0.4 is 14.5 Å². The number of aromatic nitrogens is 1. The fourth-order valence-electron chi connectivity index (χ4n) is 5.01. The first-order valence-electron chi connectivity index (χ1n) is 12.4. The first-order valence-corrected chi connectivity index (χ1v) is 12.4. The number of hydrogen-bond donors (Lipinski definition) is 0. The molecule has 0 radical (unpaired) electrons. The summed E-state index contributed by atoms with van der Waals surface area (Å²) in [6.07, 6.45) is 7.21. The van der Waals surface area contributed by atoms with E-state index >= 15 is 0 Å². The molecule has 6 nitrogen and oxygen atoms in total. The molecule has 0 N–H and O–H groups in total. The minimum absolute atomic E-state index is 0.350. The zero-order valence-corrected chi connectivity index (χ0v) is 21.0. The van der Waals surface area contributed by atoms with Gasteiger partial charge in [0.05, 0.1) is 32.5 Å². The molecule has 1 saturated carbocycles. The Morgan fingerprint density at radius 2 is 1.63 bits per heavy atom. The topological polar surface area (TPSA) is 53.1 Å². The lowest BCUT2D eigenvalue weighted by Crippen LogP contribution is -2.48. The van der Waals surface area contributed by atoms with Gasteiger partial charge >= 0.3 is 0 Å². The average Bonchev–Trinajstić information content (AvgIpc) is 2.91. The zero-order valence-electron chi connectivity index (χ0n) is 21.0. The van der Waals surface area contributed by atoms with Gasteiger partial charge in [-0.1, -0.05) is 61.7 Å². The van der Waals surface area contributed by atoms with Crippen molar-refractivity contribution in [3.05, 3.63) is 83.7 Å². The summed E-state index contributed by atoms with van der Waals surface area (Å²) in [4.78, 5) is 11.2. The van der Waals surface area contributed by atoms with Gasteiger partial charge in [-0.2, -0.15) is 0 Å². The van der Waals surface area contributed by atoms with Gasteiger partial charge in [-0.25, -0.2) is 5.06 Å². The van der Waals surface area contributed by atoms with Gasteiger partial charge in [-0.05, 0) is 49.1 Å². The zero-order chi connectivity index (χ0) is 24.5. The van der Waals surface area contributed by atoms with Gasteiger partial charge in [0.15, 0.2) is 5.75 Å². The first kappa shape index (κ1) is 25.0. The molecule has 0 atom stereocenters. The Morgan fingerprint density at radius 3 is 2.29 bits per heavy atom. The van der Waals surface area contributed by atoms with Crippen LogP contribution in [0.3, 0.4) is 0 Å². The van der Waals surface area contributed by atoms with E-state index in [9.17, 15) is 0 Å². The highest BCUT2D eigenvalue weighted by atomic mass is 16.7. The average molecular weight is 477 g/mol. The lowest BCUT2D eigenvalue weighted by molar-refractivity contribution is 0.0190. The van der Waals surface area contributed by atoms with Crippen molar-refractivity contribution in [3.63, 3.8) is 0 Å². The maximum Gasteiger partial charge on any atom is 0.168 e. The van der Waals surface area contributed by atoms with Crippen molar-refractivity contribution in [2.24, 2.45) is 0 Å². The molecule has 1 aromatic heterocycles. The second-order valence-corrected chi connectivity index (χ2v) is 8.85. The van der Waals surface area contributed by atoms with Crippen LogP contribution in [0, 0.1) is 0 Å². The lowest BCUT2D eigenvalue weighted by atomic mass is 9.76. The Balaban J connectivity index is 1.82. The summed E-state index contributed by atoms with van der Waals surface area (Å²) in [5, 5.41) is 2.09. The van der Waals surface area contributed by atoms with Crippen molar-refractivity contribution in [1.82, 2.24) is 4.98 Å². The van der Waals surface area contributed by atoms with Crippen LogP contribution in [0.5, 0.6) is 11.5 Å². The Kier molecular flexibility index (Phi) is 8.61. The third-order valence-corrected chi connectivity index (χ3v) is 6.64. The van der Waals surface area contributed by atoms with Gasteiger partial charge in [0.1, 0.15) is 17.1 Å². The number of benzene rings is 2. The Bertz CT molecular complexity index is 1050. The number of nitrogens with zero attached hydrogens (tertiary/aromatic N) is 2. The first-order chi connectivity index (χ1) is 17.2. The van der Waals surface area contributed by atoms with E-state index in [1.807, 2.05) is 31.2 Å². The molecule has 0 saturated heterocycles. The third-order valence-electron chi connectivity index (χ3n) is 6.64. The van der Waals surface area contributed by atoms with Crippen molar-refractivity contribution >= 4 is 5.69 Å². The molecular formula is C29H36N2O4. The SMILES string of the molecule is CCOc1ccc(C2(N(OCc3ccccc3)c3ccnc(COC)c3OC)CCCCC2)cc1. The van der Waals surface area contributed by atoms with E-state index in [0.29, 0.717) is 25.6 Å². The molecule has 35 heavy (non-hydrogen) atoms. The minimum atomic E-state index is -0.350. The Labute approximate surface area is 208 Å². The Morgan fingerprint density at radius 1 is 0.886 bits per heavy atom. The molecule has 1 aliphatic carbocycles. The summed E-state index contributed by atoms with van der Waals surface area (Å²) in [7, 11) is 3.35. The highest BCUT2D eigenvalue weighted by molar-refractivity contribution is 5.61. The minimum Gasteiger partial charge on any atom is -0.494 e. The van der Waals surface area contributed by atoms with E-state index in [2.05, 4.69) is 46.4 Å². The summed E-state index contributed by atoms with van der Waals surface area (Å²) in [6, 6.07) is 20.7. The maximum absolute atomic E-state index is 6.72. The van der Waals surface area contributed by atoms with Crippen molar-refractivity contribution in [2.75, 3.05) is 25.9 Å². The summed E-state index contributed by atoms with van der Waals surface area (Å²) in [5.41, 5.74) is 3.58. The highest BCUT2D eigenvalue weighted by Gasteiger charge is 2.42. The van der Waals surface area contributed by atoms with Gasteiger partial charge in [0.25, 0.3) is 0 Å². The largest absolute Gasteiger partial charge is 0.494 e. The lowest BCUT2D eigenvalue weighted by Gasteiger charge is -2.47. The standard InChI is InChI=1S/C29H36N2O4/c1-4-34-25-15-13-24(14-16-25)29(18-9-6-10-19-29)31(35-21-23-11-7-5-8-12-23)27-17-20-30-26(22-32-2)28(27)33-3/h5,7-8,11-17,20H,4,6,9-10,18-19,21-22H2,1-3H3. The van der Waals surface area contributed by atoms with Crippen molar-refractivity contribution in [3.8, 4) is 11.5 Å². The van der Waals surface area contributed by atoms with E-state index in [4.69, 9.17) is 19.0 Å². The predicted octanol–water partition coefficient (Wildman–Crippen LogP) is 6.43. The quantitative estimate of drug-likeness (QED) is 0.297. The fraction of sp³-hybridized carbons (Fsp3) is 0.414. The number of ether oxygens (including phenoxy) is 3. The number of pyridine rings is 1. The highest BCUT2D eigenvalue weighted by Crippen LogP contribution is 2.48. The summed E-state index contributed by atoms with van der Waals surface area (Å²) >= 11 is 0. The maximum atomic E-state index is 6.72. The van der Waals surface area contributed by atoms with Gasteiger partial charge in [-0.3, -0.25) is 9.82 Å². The molecule has 0 bridgehead atoms. The van der Waals surface area contributed by atoms with Crippen LogP contribution in [0.15, 0.2) is 66.9 Å². The van der Waals surface area contributed by atoms with Crippen molar-refractivity contribution in [1.29, 1.82) is 0 Å². The molecule has 1 fully saturated rings. The van der Waals surface area contributed by atoms with Crippen LogP contribution in [0.2, 0.25) is 0 Å². The predicted molar refractivity (Wildman–Crippen MR) is 138 cm³/mol. The van der Waals surface area contributed by atoms with Crippen LogP contribution >= 0.6 is 0 Å². The van der Waals surface area contributed by atoms with Crippen LogP contribution in [-0.2, 0) is 28.3 Å².